The minimum atomic E-state index is -0.697. The highest BCUT2D eigenvalue weighted by Crippen LogP contribution is 2.41. The third kappa shape index (κ3) is 5.49. The van der Waals surface area contributed by atoms with Gasteiger partial charge in [0.05, 0.1) is 27.9 Å². The van der Waals surface area contributed by atoms with E-state index in [0.29, 0.717) is 23.4 Å². The Morgan fingerprint density at radius 2 is 1.79 bits per heavy atom. The number of carbonyl (C=O) groups is 3. The Morgan fingerprint density at radius 3 is 2.62 bits per heavy atom. The van der Waals surface area contributed by atoms with Crippen molar-refractivity contribution < 1.29 is 14.4 Å². The number of fused-ring (bicyclic) bond motifs is 6. The number of nitrogens with one attached hydrogen (secondary N) is 3. The molecule has 1 unspecified atom stereocenters. The number of thiophene rings is 1. The summed E-state index contributed by atoms with van der Waals surface area (Å²) in [6.45, 7) is 6.72. The average Bonchev–Trinajstić information content (AvgIpc) is 3.60. The first-order valence-electron chi connectivity index (χ1n) is 17.6. The van der Waals surface area contributed by atoms with E-state index in [2.05, 4.69) is 43.9 Å². The molecule has 0 radical (unpaired) electrons. The molecule has 9 rings (SSSR count). The van der Waals surface area contributed by atoms with Crippen molar-refractivity contribution in [1.29, 1.82) is 0 Å². The molecular formula is C38H37N9O4S. The van der Waals surface area contributed by atoms with Crippen LogP contribution in [0.5, 0.6) is 0 Å². The highest BCUT2D eigenvalue weighted by Gasteiger charge is 2.31. The standard InChI is InChI=1S/C38H37N9O4S/c1-21-19-40-34-33-24-4-5-25(42-26(24)6-9-30(33)52-35(34)37(50)41-21)23-11-12-39-31(18-23)46-15-13-45(14-16-46)20-22-3-7-27-29(17-22)44(2)38(51)47(27)28-8-10-32(48)43-36(28)49/h3-7,9,11-12,17-18,21,28,40H,8,10,13-16,19-20H2,1-2H3,(H,41,50)(H,43,48,49)/t21-,28?/m1/s1. The zero-order valence-corrected chi connectivity index (χ0v) is 29.6. The van der Waals surface area contributed by atoms with Crippen molar-refractivity contribution in [3.8, 4) is 11.3 Å². The summed E-state index contributed by atoms with van der Waals surface area (Å²) in [4.78, 5) is 65.5. The van der Waals surface area contributed by atoms with Gasteiger partial charge in [0.1, 0.15) is 16.7 Å². The first kappa shape index (κ1) is 32.3. The van der Waals surface area contributed by atoms with Gasteiger partial charge >= 0.3 is 5.69 Å². The summed E-state index contributed by atoms with van der Waals surface area (Å²) < 4.78 is 4.16. The molecule has 2 atom stereocenters. The maximum Gasteiger partial charge on any atom is 0.329 e. The van der Waals surface area contributed by atoms with Crippen LogP contribution in [0.25, 0.3) is 43.3 Å². The first-order valence-corrected chi connectivity index (χ1v) is 18.4. The Balaban J connectivity index is 0.903. The van der Waals surface area contributed by atoms with Crippen LogP contribution in [-0.2, 0) is 23.2 Å². The van der Waals surface area contributed by atoms with Crippen LogP contribution >= 0.6 is 11.3 Å². The second-order valence-corrected chi connectivity index (χ2v) is 15.0. The minimum Gasteiger partial charge on any atom is -0.381 e. The van der Waals surface area contributed by atoms with Crippen LogP contribution < -0.4 is 26.5 Å². The predicted octanol–water partition coefficient (Wildman–Crippen LogP) is 4.01. The van der Waals surface area contributed by atoms with Gasteiger partial charge in [0.25, 0.3) is 5.91 Å². The third-order valence-corrected chi connectivity index (χ3v) is 11.7. The maximum absolute atomic E-state index is 13.2. The lowest BCUT2D eigenvalue weighted by Crippen LogP contribution is -2.46. The number of imidazole rings is 1. The number of hydrogen-bond donors (Lipinski definition) is 3. The molecule has 2 aromatic carbocycles. The number of benzene rings is 2. The quantitative estimate of drug-likeness (QED) is 0.226. The Bertz CT molecular complexity index is 2510. The summed E-state index contributed by atoms with van der Waals surface area (Å²) in [6.07, 6.45) is 2.37. The highest BCUT2D eigenvalue weighted by atomic mass is 32.1. The Labute approximate surface area is 302 Å². The average molecular weight is 716 g/mol. The van der Waals surface area contributed by atoms with Gasteiger partial charge in [-0.2, -0.15) is 0 Å². The fourth-order valence-corrected chi connectivity index (χ4v) is 8.87. The minimum absolute atomic E-state index is 0.0366. The number of aryl methyl sites for hydroxylation is 1. The Hall–Kier alpha value is -5.60. The second-order valence-electron chi connectivity index (χ2n) is 13.9. The molecule has 13 nitrogen and oxygen atoms in total. The fourth-order valence-electron chi connectivity index (χ4n) is 7.77. The van der Waals surface area contributed by atoms with Crippen LogP contribution in [0.4, 0.5) is 11.5 Å². The molecule has 52 heavy (non-hydrogen) atoms. The van der Waals surface area contributed by atoms with E-state index in [1.165, 1.54) is 15.9 Å². The number of rotatable bonds is 5. The van der Waals surface area contributed by atoms with Crippen LogP contribution in [-0.4, -0.2) is 80.5 Å². The fraction of sp³-hybridized carbons (Fsp3) is 0.316. The van der Waals surface area contributed by atoms with Gasteiger partial charge in [-0.05, 0) is 67.4 Å². The van der Waals surface area contributed by atoms with Crippen molar-refractivity contribution in [2.45, 2.75) is 38.4 Å². The van der Waals surface area contributed by atoms with Gasteiger partial charge in [0.2, 0.25) is 11.8 Å². The van der Waals surface area contributed by atoms with Crippen molar-refractivity contribution >= 4 is 72.6 Å². The van der Waals surface area contributed by atoms with Gasteiger partial charge in [-0.3, -0.25) is 33.7 Å². The van der Waals surface area contributed by atoms with Gasteiger partial charge in [-0.15, -0.1) is 11.3 Å². The van der Waals surface area contributed by atoms with E-state index < -0.39 is 11.9 Å². The van der Waals surface area contributed by atoms with E-state index in [1.54, 1.807) is 11.6 Å². The molecule has 3 amide bonds. The van der Waals surface area contributed by atoms with E-state index in [9.17, 15) is 19.2 Å². The normalized spacial score (nSPS) is 19.8. The van der Waals surface area contributed by atoms with E-state index in [1.807, 2.05) is 49.5 Å². The number of nitrogens with zero attached hydrogens (tertiary/aromatic N) is 6. The Kier molecular flexibility index (Phi) is 7.81. The van der Waals surface area contributed by atoms with Crippen molar-refractivity contribution in [1.82, 2.24) is 34.6 Å². The molecule has 14 heteroatoms. The predicted molar refractivity (Wildman–Crippen MR) is 202 cm³/mol. The summed E-state index contributed by atoms with van der Waals surface area (Å²) in [5.74, 6) is 0.139. The molecule has 4 aromatic heterocycles. The van der Waals surface area contributed by atoms with Crippen LogP contribution in [0.3, 0.4) is 0 Å². The van der Waals surface area contributed by atoms with E-state index in [4.69, 9.17) is 9.97 Å². The number of aromatic nitrogens is 4. The highest BCUT2D eigenvalue weighted by molar-refractivity contribution is 7.21. The van der Waals surface area contributed by atoms with Crippen molar-refractivity contribution in [3.63, 3.8) is 0 Å². The van der Waals surface area contributed by atoms with Crippen LogP contribution in [0.1, 0.15) is 41.0 Å². The molecule has 264 valence electrons. The van der Waals surface area contributed by atoms with Crippen molar-refractivity contribution in [3.05, 3.63) is 81.7 Å². The lowest BCUT2D eigenvalue weighted by molar-refractivity contribution is -0.135. The van der Waals surface area contributed by atoms with E-state index >= 15 is 0 Å². The number of amides is 3. The molecule has 2 saturated heterocycles. The number of hydrogen-bond acceptors (Lipinski definition) is 10. The van der Waals surface area contributed by atoms with E-state index in [0.717, 1.165) is 87.6 Å². The van der Waals surface area contributed by atoms with Gasteiger partial charge in [-0.25, -0.2) is 14.8 Å². The SMILES string of the molecule is C[C@@H]1CNc2c(sc3ccc4nc(-c5ccnc(N6CCN(Cc7ccc8c(c7)n(C)c(=O)n8C7CCC(=O)NC7=O)CC6)c5)ccc4c23)C(=O)N1. The summed E-state index contributed by atoms with van der Waals surface area (Å²) in [5, 5.41) is 11.0. The molecular weight excluding hydrogens is 679 g/mol. The summed E-state index contributed by atoms with van der Waals surface area (Å²) in [5.41, 5.74) is 5.91. The second kappa shape index (κ2) is 12.6. The van der Waals surface area contributed by atoms with Crippen molar-refractivity contribution in [2.24, 2.45) is 7.05 Å². The number of piperazine rings is 1. The van der Waals surface area contributed by atoms with Crippen molar-refractivity contribution in [2.75, 3.05) is 42.9 Å². The summed E-state index contributed by atoms with van der Waals surface area (Å²) >= 11 is 1.51. The molecule has 7 heterocycles. The number of anilines is 2. The maximum atomic E-state index is 13.2. The molecule has 3 aliphatic rings. The molecule has 3 aliphatic heterocycles. The molecule has 2 fully saturated rings. The zero-order chi connectivity index (χ0) is 35.7. The van der Waals surface area contributed by atoms with Crippen LogP contribution in [0, 0.1) is 0 Å². The largest absolute Gasteiger partial charge is 0.381 e. The van der Waals surface area contributed by atoms with Gasteiger partial charge < -0.3 is 15.5 Å². The van der Waals surface area contributed by atoms with Crippen LogP contribution in [0.2, 0.25) is 0 Å². The smallest absolute Gasteiger partial charge is 0.329 e. The molecule has 0 spiro atoms. The molecule has 3 N–H and O–H groups in total. The first-order chi connectivity index (χ1) is 25.2. The van der Waals surface area contributed by atoms with Crippen LogP contribution in [0.15, 0.2) is 65.6 Å². The number of piperidine rings is 1. The lowest BCUT2D eigenvalue weighted by Gasteiger charge is -2.35. The van der Waals surface area contributed by atoms with Gasteiger partial charge in [-0.1, -0.05) is 6.07 Å². The summed E-state index contributed by atoms with van der Waals surface area (Å²) in [6, 6.07) is 17.7. The number of carbonyl (C=O) groups excluding carboxylic acids is 3. The molecule has 0 saturated carbocycles. The monoisotopic (exact) mass is 715 g/mol. The summed E-state index contributed by atoms with van der Waals surface area (Å²) in [7, 11) is 1.72. The number of imide groups is 1. The lowest BCUT2D eigenvalue weighted by atomic mass is 10.1. The Morgan fingerprint density at radius 1 is 0.942 bits per heavy atom. The molecule has 6 aromatic rings. The molecule has 0 bridgehead atoms. The zero-order valence-electron chi connectivity index (χ0n) is 28.8. The van der Waals surface area contributed by atoms with Gasteiger partial charge in [0.15, 0.2) is 0 Å². The number of pyridine rings is 2. The third-order valence-electron chi connectivity index (χ3n) is 10.5. The van der Waals surface area contributed by atoms with E-state index in [-0.39, 0.29) is 30.0 Å². The molecule has 0 aliphatic carbocycles. The topological polar surface area (TPSA) is 146 Å². The van der Waals surface area contributed by atoms with Gasteiger partial charge in [0, 0.05) is 86.0 Å².